The molecular weight excluding hydrogens is 198 g/mol. The molecule has 2 nitrogen and oxygen atoms in total. The Morgan fingerprint density at radius 2 is 1.94 bits per heavy atom. The molecule has 0 saturated carbocycles. The summed E-state index contributed by atoms with van der Waals surface area (Å²) in [6, 6.07) is 8.25. The summed E-state index contributed by atoms with van der Waals surface area (Å²) in [5, 5.41) is 13.5. The second-order valence-corrected chi connectivity index (χ2v) is 4.88. The molecule has 0 spiro atoms. The average Bonchev–Trinajstić information content (AvgIpc) is 2.26. The first-order valence-corrected chi connectivity index (χ1v) is 6.01. The molecule has 0 aliphatic heterocycles. The van der Waals surface area contributed by atoms with Crippen LogP contribution in [0.1, 0.15) is 33.3 Å². The highest BCUT2D eigenvalue weighted by Gasteiger charge is 2.24. The lowest BCUT2D eigenvalue weighted by Gasteiger charge is -2.28. The number of benzene rings is 1. The van der Waals surface area contributed by atoms with Crippen molar-refractivity contribution in [2.45, 2.75) is 39.7 Å². The van der Waals surface area contributed by atoms with Crippen LogP contribution in [0.5, 0.6) is 0 Å². The zero-order valence-electron chi connectivity index (χ0n) is 10.7. The van der Waals surface area contributed by atoms with Gasteiger partial charge in [0.15, 0.2) is 0 Å². The summed E-state index contributed by atoms with van der Waals surface area (Å²) in [6.07, 6.45) is 1.01. The minimum atomic E-state index is -0.666. The number of nitrogens with one attached hydrogen (secondary N) is 1. The topological polar surface area (TPSA) is 32.3 Å². The molecule has 1 atom stereocenters. The number of anilines is 1. The van der Waals surface area contributed by atoms with Crippen molar-refractivity contribution in [3.05, 3.63) is 29.8 Å². The second-order valence-electron chi connectivity index (χ2n) is 4.88. The lowest BCUT2D eigenvalue weighted by atomic mass is 9.92. The Hall–Kier alpha value is -1.02. The van der Waals surface area contributed by atoms with Crippen LogP contribution in [0.2, 0.25) is 0 Å². The minimum Gasteiger partial charge on any atom is -0.388 e. The highest BCUT2D eigenvalue weighted by Crippen LogP contribution is 2.20. The summed E-state index contributed by atoms with van der Waals surface area (Å²) in [5.74, 6) is 0.244. The molecular formula is C14H23NO. The van der Waals surface area contributed by atoms with E-state index in [-0.39, 0.29) is 5.92 Å². The molecule has 1 aromatic carbocycles. The highest BCUT2D eigenvalue weighted by molar-refractivity contribution is 5.51. The van der Waals surface area contributed by atoms with E-state index in [9.17, 15) is 5.11 Å². The molecule has 0 heterocycles. The smallest absolute Gasteiger partial charge is 0.0813 e. The van der Waals surface area contributed by atoms with Gasteiger partial charge in [0.1, 0.15) is 0 Å². The van der Waals surface area contributed by atoms with Gasteiger partial charge in [-0.3, -0.25) is 0 Å². The van der Waals surface area contributed by atoms with E-state index in [1.807, 2.05) is 32.9 Å². The standard InChI is InChI=1S/C14H23NO/c1-5-12-8-6-7-9-13(12)15-10-14(4,16)11(2)3/h6-9,11,15-16H,5,10H2,1-4H3. The van der Waals surface area contributed by atoms with Crippen LogP contribution >= 0.6 is 0 Å². The second kappa shape index (κ2) is 5.35. The van der Waals surface area contributed by atoms with Crippen molar-refractivity contribution >= 4 is 5.69 Å². The van der Waals surface area contributed by atoms with E-state index in [1.54, 1.807) is 0 Å². The Morgan fingerprint density at radius 1 is 1.31 bits per heavy atom. The van der Waals surface area contributed by atoms with Crippen LogP contribution in [0.25, 0.3) is 0 Å². The first-order chi connectivity index (χ1) is 7.47. The van der Waals surface area contributed by atoms with Gasteiger partial charge >= 0.3 is 0 Å². The van der Waals surface area contributed by atoms with Gasteiger partial charge in [-0.05, 0) is 30.9 Å². The molecule has 0 fully saturated rings. The van der Waals surface area contributed by atoms with E-state index in [4.69, 9.17) is 0 Å². The third-order valence-corrected chi connectivity index (χ3v) is 3.28. The minimum absolute atomic E-state index is 0.244. The lowest BCUT2D eigenvalue weighted by molar-refractivity contribution is 0.0266. The molecule has 0 amide bonds. The molecule has 0 saturated heterocycles. The number of hydrogen-bond donors (Lipinski definition) is 2. The summed E-state index contributed by atoms with van der Waals surface area (Å²) in [4.78, 5) is 0. The first-order valence-electron chi connectivity index (χ1n) is 6.01. The fraction of sp³-hybridized carbons (Fsp3) is 0.571. The number of hydrogen-bond acceptors (Lipinski definition) is 2. The average molecular weight is 221 g/mol. The maximum Gasteiger partial charge on any atom is 0.0813 e. The van der Waals surface area contributed by atoms with E-state index < -0.39 is 5.60 Å². The van der Waals surface area contributed by atoms with Gasteiger partial charge in [0.05, 0.1) is 5.60 Å². The maximum absolute atomic E-state index is 10.2. The Morgan fingerprint density at radius 3 is 2.50 bits per heavy atom. The van der Waals surface area contributed by atoms with Crippen molar-refractivity contribution in [2.24, 2.45) is 5.92 Å². The normalized spacial score (nSPS) is 14.9. The molecule has 2 N–H and O–H groups in total. The molecule has 90 valence electrons. The van der Waals surface area contributed by atoms with Crippen molar-refractivity contribution in [1.82, 2.24) is 0 Å². The summed E-state index contributed by atoms with van der Waals surface area (Å²) >= 11 is 0. The SMILES string of the molecule is CCc1ccccc1NCC(C)(O)C(C)C. The van der Waals surface area contributed by atoms with Crippen molar-refractivity contribution in [3.8, 4) is 0 Å². The Labute approximate surface area is 98.7 Å². The Bertz CT molecular complexity index is 331. The van der Waals surface area contributed by atoms with Crippen molar-refractivity contribution in [3.63, 3.8) is 0 Å². The van der Waals surface area contributed by atoms with Crippen molar-refractivity contribution in [1.29, 1.82) is 0 Å². The monoisotopic (exact) mass is 221 g/mol. The van der Waals surface area contributed by atoms with E-state index in [0.29, 0.717) is 6.54 Å². The maximum atomic E-state index is 10.2. The third kappa shape index (κ3) is 3.24. The molecule has 0 radical (unpaired) electrons. The lowest BCUT2D eigenvalue weighted by Crippen LogP contribution is -2.38. The Kier molecular flexibility index (Phi) is 4.36. The molecule has 2 heteroatoms. The molecule has 0 aliphatic carbocycles. The van der Waals surface area contributed by atoms with Gasteiger partial charge in [0.25, 0.3) is 0 Å². The van der Waals surface area contributed by atoms with Crippen molar-refractivity contribution < 1.29 is 5.11 Å². The summed E-state index contributed by atoms with van der Waals surface area (Å²) in [7, 11) is 0. The zero-order chi connectivity index (χ0) is 12.2. The van der Waals surface area contributed by atoms with Gasteiger partial charge in [-0.2, -0.15) is 0 Å². The number of rotatable bonds is 5. The first kappa shape index (κ1) is 13.0. The molecule has 1 rings (SSSR count). The van der Waals surface area contributed by atoms with E-state index >= 15 is 0 Å². The summed E-state index contributed by atoms with van der Waals surface area (Å²) in [5.41, 5.74) is 1.76. The highest BCUT2D eigenvalue weighted by atomic mass is 16.3. The van der Waals surface area contributed by atoms with E-state index in [0.717, 1.165) is 12.1 Å². The van der Waals surface area contributed by atoms with Crippen LogP contribution in [-0.2, 0) is 6.42 Å². The molecule has 16 heavy (non-hydrogen) atoms. The fourth-order valence-electron chi connectivity index (χ4n) is 1.48. The molecule has 0 bridgehead atoms. The van der Waals surface area contributed by atoms with Crippen LogP contribution in [0, 0.1) is 5.92 Å². The van der Waals surface area contributed by atoms with Crippen LogP contribution in [0.15, 0.2) is 24.3 Å². The Balaban J connectivity index is 2.67. The van der Waals surface area contributed by atoms with Crippen LogP contribution in [-0.4, -0.2) is 17.3 Å². The zero-order valence-corrected chi connectivity index (χ0v) is 10.7. The predicted molar refractivity (Wildman–Crippen MR) is 69.8 cm³/mol. The van der Waals surface area contributed by atoms with Crippen LogP contribution < -0.4 is 5.32 Å². The van der Waals surface area contributed by atoms with E-state index in [1.165, 1.54) is 5.56 Å². The predicted octanol–water partition coefficient (Wildman–Crippen LogP) is 3.07. The molecule has 1 unspecified atom stereocenters. The van der Waals surface area contributed by atoms with Gasteiger partial charge < -0.3 is 10.4 Å². The van der Waals surface area contributed by atoms with Crippen molar-refractivity contribution in [2.75, 3.05) is 11.9 Å². The van der Waals surface area contributed by atoms with Gasteiger partial charge in [-0.25, -0.2) is 0 Å². The van der Waals surface area contributed by atoms with Gasteiger partial charge in [-0.1, -0.05) is 39.0 Å². The van der Waals surface area contributed by atoms with Gasteiger partial charge in [0.2, 0.25) is 0 Å². The fourth-order valence-corrected chi connectivity index (χ4v) is 1.48. The van der Waals surface area contributed by atoms with Crippen LogP contribution in [0.3, 0.4) is 0 Å². The largest absolute Gasteiger partial charge is 0.388 e. The van der Waals surface area contributed by atoms with E-state index in [2.05, 4.69) is 24.4 Å². The van der Waals surface area contributed by atoms with Crippen LogP contribution in [0.4, 0.5) is 5.69 Å². The summed E-state index contributed by atoms with van der Waals surface area (Å²) < 4.78 is 0. The quantitative estimate of drug-likeness (QED) is 0.801. The molecule has 1 aromatic rings. The number of aryl methyl sites for hydroxylation is 1. The molecule has 0 aliphatic rings. The molecule has 0 aromatic heterocycles. The third-order valence-electron chi connectivity index (χ3n) is 3.28. The number of para-hydroxylation sites is 1. The summed E-state index contributed by atoms with van der Waals surface area (Å²) in [6.45, 7) is 8.67. The van der Waals surface area contributed by atoms with Gasteiger partial charge in [0, 0.05) is 12.2 Å². The number of aliphatic hydroxyl groups is 1. The van der Waals surface area contributed by atoms with Gasteiger partial charge in [-0.15, -0.1) is 0 Å².